The van der Waals surface area contributed by atoms with Crippen LogP contribution < -0.4 is 0 Å². The number of β-amino-alcohol motifs (C(OH)–C–C–N with tert-alkyl or cyclic N) is 1. The molecule has 2 rings (SSSR count). The molecule has 2 fully saturated rings. The van der Waals surface area contributed by atoms with Gasteiger partial charge >= 0.3 is 6.18 Å². The number of carbonyl (C=O) groups excluding carboxylic acids is 1. The highest BCUT2D eigenvalue weighted by atomic mass is 19.4. The van der Waals surface area contributed by atoms with E-state index in [4.69, 9.17) is 0 Å². The first-order valence-corrected chi connectivity index (χ1v) is 7.89. The molecule has 1 N–H and O–H groups in total. The summed E-state index contributed by atoms with van der Waals surface area (Å²) in [6, 6.07) is 0. The second-order valence-electron chi connectivity index (χ2n) is 6.49. The van der Waals surface area contributed by atoms with Gasteiger partial charge in [0, 0.05) is 19.4 Å². The smallest absolute Gasteiger partial charge is 0.379 e. The summed E-state index contributed by atoms with van der Waals surface area (Å²) in [5.74, 6) is 0.420. The number of carbonyl (C=O) groups is 1. The number of amides is 1. The molecule has 1 saturated heterocycles. The van der Waals surface area contributed by atoms with Crippen molar-refractivity contribution >= 4 is 5.91 Å². The lowest BCUT2D eigenvalue weighted by Gasteiger charge is -2.26. The van der Waals surface area contributed by atoms with Crippen LogP contribution in [0.15, 0.2) is 0 Å². The molecule has 1 aliphatic carbocycles. The van der Waals surface area contributed by atoms with Crippen molar-refractivity contribution in [3.63, 3.8) is 0 Å². The van der Waals surface area contributed by atoms with Crippen LogP contribution in [0.2, 0.25) is 0 Å². The van der Waals surface area contributed by atoms with Gasteiger partial charge in [0.1, 0.15) is 0 Å². The van der Waals surface area contributed by atoms with Crippen LogP contribution >= 0.6 is 0 Å². The summed E-state index contributed by atoms with van der Waals surface area (Å²) in [6.07, 6.45) is 3.18. The van der Waals surface area contributed by atoms with Gasteiger partial charge in [0.05, 0.1) is 6.54 Å². The van der Waals surface area contributed by atoms with E-state index < -0.39 is 24.7 Å². The molecular weight excluding hydrogens is 283 g/mol. The Morgan fingerprint density at radius 3 is 2.48 bits per heavy atom. The van der Waals surface area contributed by atoms with Gasteiger partial charge < -0.3 is 10.0 Å². The molecule has 0 spiro atoms. The third-order valence-electron chi connectivity index (χ3n) is 4.86. The molecule has 1 aliphatic heterocycles. The van der Waals surface area contributed by atoms with Gasteiger partial charge in [-0.2, -0.15) is 13.2 Å². The topological polar surface area (TPSA) is 40.5 Å². The Bertz CT molecular complexity index is 366. The fourth-order valence-electron chi connectivity index (χ4n) is 3.41. The molecule has 1 atom stereocenters. The van der Waals surface area contributed by atoms with Gasteiger partial charge in [0.25, 0.3) is 0 Å². The zero-order chi connectivity index (χ0) is 15.5. The lowest BCUT2D eigenvalue weighted by molar-refractivity contribution is -0.253. The summed E-state index contributed by atoms with van der Waals surface area (Å²) in [5, 5.41) is 9.56. The molecule has 0 aromatic rings. The number of aliphatic hydroxyl groups is 1. The Morgan fingerprint density at radius 2 is 1.90 bits per heavy atom. The van der Waals surface area contributed by atoms with Crippen LogP contribution in [0.4, 0.5) is 13.2 Å². The van der Waals surface area contributed by atoms with Crippen LogP contribution in [0.1, 0.15) is 57.8 Å². The molecule has 0 unspecified atom stereocenters. The maximum atomic E-state index is 12.7. The minimum atomic E-state index is -4.66. The predicted octanol–water partition coefficient (Wildman–Crippen LogP) is 3.26. The first kappa shape index (κ1) is 16.6. The molecule has 3 nitrogen and oxygen atoms in total. The van der Waals surface area contributed by atoms with Gasteiger partial charge in [-0.3, -0.25) is 4.79 Å². The molecule has 1 saturated carbocycles. The summed E-state index contributed by atoms with van der Waals surface area (Å²) >= 11 is 0. The Morgan fingerprint density at radius 1 is 1.24 bits per heavy atom. The number of rotatable bonds is 4. The molecule has 0 aromatic carbocycles. The fourth-order valence-corrected chi connectivity index (χ4v) is 3.41. The number of hydrogen-bond donors (Lipinski definition) is 1. The zero-order valence-corrected chi connectivity index (χ0v) is 12.3. The Hall–Kier alpha value is -0.780. The van der Waals surface area contributed by atoms with Crippen molar-refractivity contribution in [2.45, 2.75) is 69.6 Å². The van der Waals surface area contributed by atoms with Crippen LogP contribution in [0.3, 0.4) is 0 Å². The molecule has 0 bridgehead atoms. The fraction of sp³-hybridized carbons (Fsp3) is 0.933. The summed E-state index contributed by atoms with van der Waals surface area (Å²) in [4.78, 5) is 13.1. The highest BCUT2D eigenvalue weighted by Crippen LogP contribution is 2.38. The van der Waals surface area contributed by atoms with Crippen LogP contribution in [-0.2, 0) is 4.79 Å². The lowest BCUT2D eigenvalue weighted by Crippen LogP contribution is -2.48. The van der Waals surface area contributed by atoms with E-state index in [0.29, 0.717) is 12.3 Å². The summed E-state index contributed by atoms with van der Waals surface area (Å²) in [5.41, 5.74) is -2.72. The first-order chi connectivity index (χ1) is 9.82. The molecule has 122 valence electrons. The Labute approximate surface area is 123 Å². The molecular formula is C15H24F3NO2. The summed E-state index contributed by atoms with van der Waals surface area (Å²) in [6.45, 7) is -0.614. The SMILES string of the molecule is O=C(CCCC1CCCCC1)N1CC[C@](O)(C(F)(F)F)C1. The van der Waals surface area contributed by atoms with E-state index in [1.807, 2.05) is 0 Å². The maximum Gasteiger partial charge on any atom is 0.419 e. The predicted molar refractivity (Wildman–Crippen MR) is 72.6 cm³/mol. The van der Waals surface area contributed by atoms with E-state index >= 15 is 0 Å². The molecule has 1 heterocycles. The zero-order valence-electron chi connectivity index (χ0n) is 12.3. The Kier molecular flexibility index (Phi) is 5.17. The van der Waals surface area contributed by atoms with Crippen LogP contribution in [-0.4, -0.2) is 40.8 Å². The molecule has 21 heavy (non-hydrogen) atoms. The second kappa shape index (κ2) is 6.55. The first-order valence-electron chi connectivity index (χ1n) is 7.89. The highest BCUT2D eigenvalue weighted by Gasteiger charge is 2.57. The second-order valence-corrected chi connectivity index (χ2v) is 6.49. The van der Waals surface area contributed by atoms with Gasteiger partial charge in [-0.1, -0.05) is 32.1 Å². The van der Waals surface area contributed by atoms with E-state index in [0.717, 1.165) is 17.7 Å². The van der Waals surface area contributed by atoms with E-state index in [9.17, 15) is 23.1 Å². The van der Waals surface area contributed by atoms with Crippen LogP contribution in [0.25, 0.3) is 0 Å². The minimum Gasteiger partial charge on any atom is -0.379 e. The third kappa shape index (κ3) is 4.11. The molecule has 0 aromatic heterocycles. The van der Waals surface area contributed by atoms with E-state index in [2.05, 4.69) is 0 Å². The van der Waals surface area contributed by atoms with Crippen molar-refractivity contribution in [2.75, 3.05) is 13.1 Å². The van der Waals surface area contributed by atoms with Gasteiger partial charge in [-0.05, 0) is 18.8 Å². The van der Waals surface area contributed by atoms with Crippen molar-refractivity contribution in [2.24, 2.45) is 5.92 Å². The highest BCUT2D eigenvalue weighted by molar-refractivity contribution is 5.76. The molecule has 6 heteroatoms. The summed E-state index contributed by atoms with van der Waals surface area (Å²) < 4.78 is 38.1. The number of alkyl halides is 3. The quantitative estimate of drug-likeness (QED) is 0.866. The van der Waals surface area contributed by atoms with Crippen molar-refractivity contribution < 1.29 is 23.1 Å². The maximum absolute atomic E-state index is 12.7. The Balaban J connectivity index is 1.72. The van der Waals surface area contributed by atoms with Crippen molar-refractivity contribution in [1.29, 1.82) is 0 Å². The van der Waals surface area contributed by atoms with Crippen LogP contribution in [0, 0.1) is 5.92 Å². The minimum absolute atomic E-state index is 0.00171. The molecule has 1 amide bonds. The average molecular weight is 307 g/mol. The van der Waals surface area contributed by atoms with E-state index in [-0.39, 0.29) is 12.5 Å². The van der Waals surface area contributed by atoms with Crippen molar-refractivity contribution in [3.8, 4) is 0 Å². The lowest BCUT2D eigenvalue weighted by atomic mass is 9.86. The van der Waals surface area contributed by atoms with Gasteiger partial charge in [0.2, 0.25) is 5.91 Å². The van der Waals surface area contributed by atoms with E-state index in [1.165, 1.54) is 32.1 Å². The van der Waals surface area contributed by atoms with Crippen molar-refractivity contribution in [1.82, 2.24) is 4.90 Å². The van der Waals surface area contributed by atoms with Crippen molar-refractivity contribution in [3.05, 3.63) is 0 Å². The van der Waals surface area contributed by atoms with Gasteiger partial charge in [-0.15, -0.1) is 0 Å². The normalized spacial score (nSPS) is 28.1. The monoisotopic (exact) mass is 307 g/mol. The number of nitrogens with zero attached hydrogens (tertiary/aromatic N) is 1. The number of halogens is 3. The summed E-state index contributed by atoms with van der Waals surface area (Å²) in [7, 11) is 0. The van der Waals surface area contributed by atoms with Gasteiger partial charge in [0.15, 0.2) is 5.60 Å². The number of hydrogen-bond acceptors (Lipinski definition) is 2. The molecule has 2 aliphatic rings. The van der Waals surface area contributed by atoms with Crippen LogP contribution in [0.5, 0.6) is 0 Å². The largest absolute Gasteiger partial charge is 0.419 e. The average Bonchev–Trinajstić information content (AvgIpc) is 2.84. The van der Waals surface area contributed by atoms with Gasteiger partial charge in [-0.25, -0.2) is 0 Å². The van der Waals surface area contributed by atoms with E-state index in [1.54, 1.807) is 0 Å². The molecule has 0 radical (unpaired) electrons. The standard InChI is InChI=1S/C15H24F3NO2/c16-15(17,18)14(21)9-10-19(11-14)13(20)8-4-7-12-5-2-1-3-6-12/h12,21H,1-11H2/t14-/m1/s1. The third-order valence-corrected chi connectivity index (χ3v) is 4.86. The number of likely N-dealkylation sites (tertiary alicyclic amines) is 1.